The number of alkyl halides is 3. The van der Waals surface area contributed by atoms with Crippen molar-refractivity contribution < 1.29 is 36.3 Å². The molecule has 0 unspecified atom stereocenters. The Morgan fingerprint density at radius 1 is 1.12 bits per heavy atom. The number of halogens is 5. The largest absolute Gasteiger partial charge is 0.459 e. The van der Waals surface area contributed by atoms with Crippen molar-refractivity contribution >= 4 is 28.8 Å². The zero-order chi connectivity index (χ0) is 24.0. The first kappa shape index (κ1) is 23.9. The topological polar surface area (TPSA) is 46.6 Å². The fraction of sp³-hybridized carbons (Fsp3) is 0.364. The molecule has 0 spiro atoms. The molecule has 1 aromatic carbocycles. The maximum Gasteiger partial charge on any atom is 0.425 e. The van der Waals surface area contributed by atoms with Gasteiger partial charge in [-0.15, -0.1) is 11.3 Å². The number of esters is 1. The fourth-order valence-electron chi connectivity index (χ4n) is 3.37. The Morgan fingerprint density at radius 3 is 2.34 bits per heavy atom. The number of hydrogen-bond acceptors (Lipinski definition) is 4. The zero-order valence-corrected chi connectivity index (χ0v) is 18.5. The van der Waals surface area contributed by atoms with Gasteiger partial charge in [-0.05, 0) is 38.1 Å². The van der Waals surface area contributed by atoms with Crippen molar-refractivity contribution in [3.05, 3.63) is 63.0 Å². The molecule has 2 heterocycles. The smallest absolute Gasteiger partial charge is 0.425 e. The summed E-state index contributed by atoms with van der Waals surface area (Å²) in [5, 5.41) is 0. The van der Waals surface area contributed by atoms with Crippen LogP contribution in [-0.4, -0.2) is 29.4 Å². The summed E-state index contributed by atoms with van der Waals surface area (Å²) in [7, 11) is 0. The maximum atomic E-state index is 13.7. The number of nitrogens with zero attached hydrogens (tertiary/aromatic N) is 1. The highest BCUT2D eigenvalue weighted by Gasteiger charge is 2.41. The Kier molecular flexibility index (Phi) is 6.21. The minimum absolute atomic E-state index is 0.0264. The van der Waals surface area contributed by atoms with Gasteiger partial charge in [0, 0.05) is 34.2 Å². The Balaban J connectivity index is 2.16. The van der Waals surface area contributed by atoms with E-state index >= 15 is 0 Å². The number of carbonyl (C=O) groups excluding carboxylic acids is 2. The zero-order valence-electron chi connectivity index (χ0n) is 17.6. The van der Waals surface area contributed by atoms with Gasteiger partial charge in [-0.1, -0.05) is 13.8 Å². The van der Waals surface area contributed by atoms with E-state index in [9.17, 15) is 31.5 Å². The van der Waals surface area contributed by atoms with E-state index in [-0.39, 0.29) is 28.1 Å². The maximum absolute atomic E-state index is 13.7. The van der Waals surface area contributed by atoms with Crippen LogP contribution in [0.3, 0.4) is 0 Å². The first-order chi connectivity index (χ1) is 14.7. The molecule has 0 fully saturated rings. The molecule has 0 saturated heterocycles. The number of rotatable bonds is 3. The van der Waals surface area contributed by atoms with Crippen LogP contribution in [0.2, 0.25) is 0 Å². The quantitative estimate of drug-likeness (QED) is 0.420. The molecule has 4 nitrogen and oxygen atoms in total. The van der Waals surface area contributed by atoms with Gasteiger partial charge in [-0.3, -0.25) is 4.79 Å². The van der Waals surface area contributed by atoms with Crippen molar-refractivity contribution in [2.45, 2.75) is 45.4 Å². The molecular formula is C22H20F5NO3S. The van der Waals surface area contributed by atoms with Gasteiger partial charge in [-0.2, -0.15) is 13.2 Å². The van der Waals surface area contributed by atoms with Crippen LogP contribution < -0.4 is 0 Å². The minimum Gasteiger partial charge on any atom is -0.459 e. The summed E-state index contributed by atoms with van der Waals surface area (Å²) < 4.78 is 72.4. The Labute approximate surface area is 185 Å². The standard InChI is InChI=1S/C22H20F5NO3S/c1-11(2)31-20(30)14-9-28(19(29)12-5-6-15(23)16(24)7-12)10-21(3,4)18-13(14)8-17(32-18)22(25,26)27/h5-9,11H,10H2,1-4H3. The molecule has 1 aromatic heterocycles. The molecule has 0 N–H and O–H groups in total. The van der Waals surface area contributed by atoms with Crippen molar-refractivity contribution in [2.75, 3.05) is 6.54 Å². The van der Waals surface area contributed by atoms with Gasteiger partial charge in [0.15, 0.2) is 11.6 Å². The first-order valence-electron chi connectivity index (χ1n) is 9.61. The fourth-order valence-corrected chi connectivity index (χ4v) is 4.50. The molecule has 32 heavy (non-hydrogen) atoms. The highest BCUT2D eigenvalue weighted by molar-refractivity contribution is 7.12. The second-order valence-electron chi connectivity index (χ2n) is 8.29. The van der Waals surface area contributed by atoms with E-state index in [4.69, 9.17) is 4.74 Å². The number of ether oxygens (including phenoxy) is 1. The minimum atomic E-state index is -4.61. The average molecular weight is 473 g/mol. The molecule has 10 heteroatoms. The first-order valence-corrected chi connectivity index (χ1v) is 10.4. The number of thiophene rings is 1. The summed E-state index contributed by atoms with van der Waals surface area (Å²) >= 11 is 0.495. The third kappa shape index (κ3) is 4.69. The molecule has 1 aliphatic heterocycles. The van der Waals surface area contributed by atoms with E-state index in [1.54, 1.807) is 27.7 Å². The van der Waals surface area contributed by atoms with Gasteiger partial charge in [0.1, 0.15) is 4.88 Å². The third-order valence-corrected chi connectivity index (χ3v) is 6.30. The van der Waals surface area contributed by atoms with Gasteiger partial charge in [0.05, 0.1) is 11.7 Å². The Bertz CT molecular complexity index is 1100. The van der Waals surface area contributed by atoms with Crippen LogP contribution >= 0.6 is 11.3 Å². The normalized spacial score (nSPS) is 15.8. The SMILES string of the molecule is CC(C)OC(=O)C1=CN(C(=O)c2ccc(F)c(F)c2)CC(C)(C)c2sc(C(F)(F)F)cc21. The van der Waals surface area contributed by atoms with Crippen LogP contribution in [-0.2, 0) is 21.1 Å². The lowest BCUT2D eigenvalue weighted by Crippen LogP contribution is -2.36. The van der Waals surface area contributed by atoms with Crippen LogP contribution in [0, 0.1) is 11.6 Å². The summed E-state index contributed by atoms with van der Waals surface area (Å²) in [6, 6.07) is 3.50. The van der Waals surface area contributed by atoms with Crippen LogP contribution in [0.1, 0.15) is 53.4 Å². The third-order valence-electron chi connectivity index (χ3n) is 4.76. The molecule has 0 aliphatic carbocycles. The second-order valence-corrected chi connectivity index (χ2v) is 9.35. The van der Waals surface area contributed by atoms with Gasteiger partial charge in [0.25, 0.3) is 5.91 Å². The molecule has 2 aromatic rings. The van der Waals surface area contributed by atoms with Gasteiger partial charge >= 0.3 is 12.1 Å². The predicted molar refractivity (Wildman–Crippen MR) is 109 cm³/mol. The van der Waals surface area contributed by atoms with E-state index in [0.717, 1.165) is 35.4 Å². The van der Waals surface area contributed by atoms with Gasteiger partial charge < -0.3 is 9.64 Å². The van der Waals surface area contributed by atoms with Crippen LogP contribution in [0.5, 0.6) is 0 Å². The molecule has 1 aliphatic rings. The highest BCUT2D eigenvalue weighted by Crippen LogP contribution is 2.45. The summed E-state index contributed by atoms with van der Waals surface area (Å²) in [5.74, 6) is -3.98. The summed E-state index contributed by atoms with van der Waals surface area (Å²) in [6.45, 7) is 6.34. The highest BCUT2D eigenvalue weighted by atomic mass is 32.1. The monoisotopic (exact) mass is 473 g/mol. The van der Waals surface area contributed by atoms with E-state index in [0.29, 0.717) is 11.3 Å². The van der Waals surface area contributed by atoms with E-state index < -0.39 is 46.1 Å². The number of fused-ring (bicyclic) bond motifs is 1. The molecule has 0 saturated carbocycles. The lowest BCUT2D eigenvalue weighted by atomic mass is 9.88. The second kappa shape index (κ2) is 8.31. The van der Waals surface area contributed by atoms with Crippen molar-refractivity contribution in [2.24, 2.45) is 0 Å². The average Bonchev–Trinajstić information content (AvgIpc) is 3.08. The molecule has 3 rings (SSSR count). The van der Waals surface area contributed by atoms with Crippen molar-refractivity contribution in [3.8, 4) is 0 Å². The Morgan fingerprint density at radius 2 is 1.78 bits per heavy atom. The van der Waals surface area contributed by atoms with Crippen molar-refractivity contribution in [1.82, 2.24) is 4.90 Å². The van der Waals surface area contributed by atoms with Crippen molar-refractivity contribution in [1.29, 1.82) is 0 Å². The molecule has 172 valence electrons. The van der Waals surface area contributed by atoms with E-state index in [1.165, 1.54) is 0 Å². The summed E-state index contributed by atoms with van der Waals surface area (Å²) in [6.07, 6.45) is -4.05. The van der Waals surface area contributed by atoms with E-state index in [1.807, 2.05) is 0 Å². The molecule has 1 amide bonds. The summed E-state index contributed by atoms with van der Waals surface area (Å²) in [5.41, 5.74) is -1.36. The van der Waals surface area contributed by atoms with Crippen molar-refractivity contribution in [3.63, 3.8) is 0 Å². The van der Waals surface area contributed by atoms with Crippen LogP contribution in [0.4, 0.5) is 22.0 Å². The number of carbonyl (C=O) groups is 2. The molecule has 0 radical (unpaired) electrons. The van der Waals surface area contributed by atoms with Crippen LogP contribution in [0.15, 0.2) is 30.5 Å². The van der Waals surface area contributed by atoms with Gasteiger partial charge in [0.2, 0.25) is 0 Å². The molecule has 0 bridgehead atoms. The lowest BCUT2D eigenvalue weighted by Gasteiger charge is -2.29. The number of benzene rings is 1. The Hall–Kier alpha value is -2.75. The van der Waals surface area contributed by atoms with E-state index in [2.05, 4.69) is 0 Å². The van der Waals surface area contributed by atoms with Crippen LogP contribution in [0.25, 0.3) is 5.57 Å². The predicted octanol–water partition coefficient (Wildman–Crippen LogP) is 5.77. The molecular weight excluding hydrogens is 453 g/mol. The number of amides is 1. The lowest BCUT2D eigenvalue weighted by molar-refractivity contribution is -0.140. The summed E-state index contributed by atoms with van der Waals surface area (Å²) in [4.78, 5) is 26.3. The number of hydrogen-bond donors (Lipinski definition) is 0. The van der Waals surface area contributed by atoms with Gasteiger partial charge in [-0.25, -0.2) is 13.6 Å². The molecule has 0 atom stereocenters.